The smallest absolute Gasteiger partial charge is 0.166 e. The number of benzene rings is 1. The second-order valence-electron chi connectivity index (χ2n) is 3.82. The molecule has 3 nitrogen and oxygen atoms in total. The van der Waals surface area contributed by atoms with E-state index in [2.05, 4.69) is 10.6 Å². The summed E-state index contributed by atoms with van der Waals surface area (Å²) < 4.78 is 13.8. The van der Waals surface area contributed by atoms with E-state index in [1.807, 2.05) is 13.0 Å². The fraction of sp³-hybridized carbons (Fsp3) is 0.417. The van der Waals surface area contributed by atoms with Gasteiger partial charge in [0.05, 0.1) is 6.61 Å². The van der Waals surface area contributed by atoms with Crippen molar-refractivity contribution in [3.63, 3.8) is 0 Å². The Morgan fingerprint density at radius 1 is 1.29 bits per heavy atom. The van der Waals surface area contributed by atoms with Crippen molar-refractivity contribution in [2.24, 2.45) is 0 Å². The first kappa shape index (κ1) is 13.9. The van der Waals surface area contributed by atoms with Gasteiger partial charge in [-0.3, -0.25) is 0 Å². The summed E-state index contributed by atoms with van der Waals surface area (Å²) in [6, 6.07) is 3.65. The predicted octanol–water partition coefficient (Wildman–Crippen LogP) is 1.40. The van der Waals surface area contributed by atoms with Crippen molar-refractivity contribution in [1.29, 1.82) is 0 Å². The van der Waals surface area contributed by atoms with Crippen molar-refractivity contribution >= 4 is 17.3 Å². The van der Waals surface area contributed by atoms with E-state index in [4.69, 9.17) is 17.3 Å². The third kappa shape index (κ3) is 3.94. The van der Waals surface area contributed by atoms with E-state index in [1.165, 1.54) is 0 Å². The lowest BCUT2D eigenvalue weighted by Crippen LogP contribution is -2.36. The molecule has 0 aromatic heterocycles. The highest BCUT2D eigenvalue weighted by Gasteiger charge is 2.08. The number of rotatable bonds is 4. The second kappa shape index (κ2) is 6.51. The van der Waals surface area contributed by atoms with Gasteiger partial charge in [-0.1, -0.05) is 12.1 Å². The van der Waals surface area contributed by atoms with Crippen LogP contribution in [0.2, 0.25) is 0 Å². The topological polar surface area (TPSA) is 44.3 Å². The van der Waals surface area contributed by atoms with Crippen molar-refractivity contribution in [3.8, 4) is 0 Å². The molecule has 0 atom stereocenters. The van der Waals surface area contributed by atoms with Gasteiger partial charge in [-0.2, -0.15) is 0 Å². The Balaban J connectivity index is 2.63. The van der Waals surface area contributed by atoms with Crippen LogP contribution < -0.4 is 10.6 Å². The Labute approximate surface area is 106 Å². The average Bonchev–Trinajstić information content (AvgIpc) is 2.31. The summed E-state index contributed by atoms with van der Waals surface area (Å²) in [7, 11) is 0. The number of aliphatic hydroxyl groups is 1. The molecule has 0 unspecified atom stereocenters. The van der Waals surface area contributed by atoms with Gasteiger partial charge in [0.2, 0.25) is 0 Å². The molecule has 0 aliphatic heterocycles. The summed E-state index contributed by atoms with van der Waals surface area (Å²) in [6.07, 6.45) is 0. The zero-order valence-electron chi connectivity index (χ0n) is 10.0. The molecule has 17 heavy (non-hydrogen) atoms. The number of nitrogens with one attached hydrogen (secondary N) is 2. The Morgan fingerprint density at radius 3 is 2.59 bits per heavy atom. The van der Waals surface area contributed by atoms with E-state index >= 15 is 0 Å². The first-order valence-corrected chi connectivity index (χ1v) is 5.84. The van der Waals surface area contributed by atoms with Crippen LogP contribution in [0, 0.1) is 19.7 Å². The van der Waals surface area contributed by atoms with Crippen LogP contribution in [-0.2, 0) is 6.54 Å². The number of aliphatic hydroxyl groups excluding tert-OH is 1. The van der Waals surface area contributed by atoms with Gasteiger partial charge in [-0.25, -0.2) is 4.39 Å². The van der Waals surface area contributed by atoms with Crippen LogP contribution in [0.3, 0.4) is 0 Å². The molecule has 0 saturated heterocycles. The van der Waals surface area contributed by atoms with Crippen molar-refractivity contribution in [2.45, 2.75) is 20.4 Å². The minimum atomic E-state index is -0.192. The monoisotopic (exact) mass is 256 g/mol. The third-order valence-electron chi connectivity index (χ3n) is 2.49. The van der Waals surface area contributed by atoms with Crippen LogP contribution in [0.4, 0.5) is 4.39 Å². The Morgan fingerprint density at radius 2 is 1.94 bits per heavy atom. The Hall–Kier alpha value is -1.20. The fourth-order valence-corrected chi connectivity index (χ4v) is 1.63. The first-order valence-electron chi connectivity index (χ1n) is 5.43. The first-order chi connectivity index (χ1) is 8.06. The van der Waals surface area contributed by atoms with Crippen molar-refractivity contribution in [3.05, 3.63) is 34.6 Å². The number of halogens is 1. The van der Waals surface area contributed by atoms with E-state index in [1.54, 1.807) is 13.0 Å². The normalized spacial score (nSPS) is 10.1. The summed E-state index contributed by atoms with van der Waals surface area (Å²) in [5.41, 5.74) is 2.14. The van der Waals surface area contributed by atoms with Crippen molar-refractivity contribution in [2.75, 3.05) is 13.2 Å². The zero-order valence-corrected chi connectivity index (χ0v) is 10.8. The molecule has 0 heterocycles. The van der Waals surface area contributed by atoms with Crippen LogP contribution in [0.1, 0.15) is 16.7 Å². The van der Waals surface area contributed by atoms with Gasteiger partial charge in [0.25, 0.3) is 0 Å². The lowest BCUT2D eigenvalue weighted by Gasteiger charge is -2.13. The maximum absolute atomic E-state index is 13.8. The standard InChI is InChI=1S/C12H17FN2OS/c1-8-3-4-9(2)11(13)10(8)7-15-12(17)14-5-6-16/h3-4,16H,5-7H2,1-2H3,(H2,14,15,17). The highest BCUT2D eigenvalue weighted by Crippen LogP contribution is 2.16. The molecule has 5 heteroatoms. The summed E-state index contributed by atoms with van der Waals surface area (Å²) in [5, 5.41) is 14.7. The quantitative estimate of drug-likeness (QED) is 0.713. The molecule has 0 amide bonds. The molecule has 0 radical (unpaired) electrons. The molecule has 0 aliphatic carbocycles. The minimum Gasteiger partial charge on any atom is -0.395 e. The number of aryl methyl sites for hydroxylation is 2. The van der Waals surface area contributed by atoms with Gasteiger partial charge in [-0.15, -0.1) is 0 Å². The van der Waals surface area contributed by atoms with Gasteiger partial charge in [-0.05, 0) is 37.2 Å². The molecule has 1 rings (SSSR count). The van der Waals surface area contributed by atoms with Crippen LogP contribution in [-0.4, -0.2) is 23.4 Å². The third-order valence-corrected chi connectivity index (χ3v) is 2.78. The molecule has 1 aromatic rings. The van der Waals surface area contributed by atoms with Gasteiger partial charge >= 0.3 is 0 Å². The van der Waals surface area contributed by atoms with Gasteiger partial charge in [0.15, 0.2) is 5.11 Å². The Kier molecular flexibility index (Phi) is 5.31. The molecule has 1 aromatic carbocycles. The molecule has 0 fully saturated rings. The van der Waals surface area contributed by atoms with E-state index in [0.29, 0.717) is 29.3 Å². The number of hydrogen-bond donors (Lipinski definition) is 3. The number of thiocarbonyl (C=S) groups is 1. The highest BCUT2D eigenvalue weighted by molar-refractivity contribution is 7.80. The fourth-order valence-electron chi connectivity index (χ4n) is 1.45. The summed E-state index contributed by atoms with van der Waals surface area (Å²) in [4.78, 5) is 0. The highest BCUT2D eigenvalue weighted by atomic mass is 32.1. The summed E-state index contributed by atoms with van der Waals surface area (Å²) in [6.45, 7) is 4.35. The molecular weight excluding hydrogens is 239 g/mol. The molecular formula is C12H17FN2OS. The predicted molar refractivity (Wildman–Crippen MR) is 70.4 cm³/mol. The lowest BCUT2D eigenvalue weighted by molar-refractivity contribution is 0.300. The van der Waals surface area contributed by atoms with Crippen molar-refractivity contribution < 1.29 is 9.50 Å². The number of hydrogen-bond acceptors (Lipinski definition) is 2. The van der Waals surface area contributed by atoms with Crippen LogP contribution >= 0.6 is 12.2 Å². The maximum Gasteiger partial charge on any atom is 0.166 e. The molecule has 0 aliphatic rings. The van der Waals surface area contributed by atoms with Gasteiger partial charge in [0.1, 0.15) is 5.82 Å². The lowest BCUT2D eigenvalue weighted by atomic mass is 10.0. The Bertz CT molecular complexity index is 410. The van der Waals surface area contributed by atoms with Gasteiger partial charge < -0.3 is 15.7 Å². The molecule has 94 valence electrons. The summed E-state index contributed by atoms with van der Waals surface area (Å²) >= 11 is 4.98. The minimum absolute atomic E-state index is 0.0135. The van der Waals surface area contributed by atoms with E-state index < -0.39 is 0 Å². The van der Waals surface area contributed by atoms with E-state index in [0.717, 1.165) is 5.56 Å². The molecule has 0 bridgehead atoms. The molecule has 3 N–H and O–H groups in total. The van der Waals surface area contributed by atoms with Crippen molar-refractivity contribution in [1.82, 2.24) is 10.6 Å². The average molecular weight is 256 g/mol. The van der Waals surface area contributed by atoms with Crippen LogP contribution in [0.15, 0.2) is 12.1 Å². The molecule has 0 spiro atoms. The maximum atomic E-state index is 13.8. The summed E-state index contributed by atoms with van der Waals surface area (Å²) in [5.74, 6) is -0.192. The second-order valence-corrected chi connectivity index (χ2v) is 4.23. The van der Waals surface area contributed by atoms with Gasteiger partial charge in [0, 0.05) is 18.7 Å². The molecule has 0 saturated carbocycles. The van der Waals surface area contributed by atoms with Crippen LogP contribution in [0.25, 0.3) is 0 Å². The van der Waals surface area contributed by atoms with Crippen LogP contribution in [0.5, 0.6) is 0 Å². The zero-order chi connectivity index (χ0) is 12.8. The van der Waals surface area contributed by atoms with E-state index in [-0.39, 0.29) is 12.4 Å². The SMILES string of the molecule is Cc1ccc(C)c(CNC(=S)NCCO)c1F. The van der Waals surface area contributed by atoms with E-state index in [9.17, 15) is 4.39 Å². The largest absolute Gasteiger partial charge is 0.395 e.